The summed E-state index contributed by atoms with van der Waals surface area (Å²) in [5.74, 6) is -0.160. The van der Waals surface area contributed by atoms with Crippen molar-refractivity contribution in [3.63, 3.8) is 0 Å². The lowest BCUT2D eigenvalue weighted by Gasteiger charge is -1.98. The maximum Gasteiger partial charge on any atom is 0.159 e. The number of rotatable bonds is 2. The molecule has 2 aromatic heterocycles. The summed E-state index contributed by atoms with van der Waals surface area (Å²) < 4.78 is 14.0. The van der Waals surface area contributed by atoms with Gasteiger partial charge in [-0.05, 0) is 22.0 Å². The number of nitrogens with zero attached hydrogens (tertiary/aromatic N) is 2. The second kappa shape index (κ2) is 4.08. The topological polar surface area (TPSA) is 61.8 Å². The van der Waals surface area contributed by atoms with Gasteiger partial charge in [-0.1, -0.05) is 0 Å². The Balaban J connectivity index is 2.44. The summed E-state index contributed by atoms with van der Waals surface area (Å²) in [5.41, 5.74) is 0.659. The molecule has 0 aliphatic carbocycles. The van der Waals surface area contributed by atoms with Crippen LogP contribution in [0.25, 0.3) is 11.5 Å². The average molecular weight is 272 g/mol. The van der Waals surface area contributed by atoms with Crippen LogP contribution in [0.15, 0.2) is 22.9 Å². The van der Waals surface area contributed by atoms with Gasteiger partial charge in [0.25, 0.3) is 0 Å². The minimum Gasteiger partial charge on any atom is -0.390 e. The molecule has 0 saturated carbocycles. The van der Waals surface area contributed by atoms with Gasteiger partial charge in [0, 0.05) is 10.7 Å². The summed E-state index contributed by atoms with van der Waals surface area (Å²) in [5, 5.41) is 8.82. The van der Waals surface area contributed by atoms with Crippen LogP contribution >= 0.6 is 15.9 Å². The number of hydrogen-bond acceptors (Lipinski definition) is 3. The molecular formula is C9H7BrFN3O. The highest BCUT2D eigenvalue weighted by Gasteiger charge is 2.10. The fourth-order valence-electron chi connectivity index (χ4n) is 1.15. The summed E-state index contributed by atoms with van der Waals surface area (Å²) in [6.07, 6.45) is 2.93. The zero-order valence-corrected chi connectivity index (χ0v) is 9.12. The second-order valence-corrected chi connectivity index (χ2v) is 3.81. The first-order valence-electron chi connectivity index (χ1n) is 4.17. The van der Waals surface area contributed by atoms with Gasteiger partial charge in [0.15, 0.2) is 11.6 Å². The van der Waals surface area contributed by atoms with Gasteiger partial charge in [-0.15, -0.1) is 0 Å². The number of aromatic nitrogens is 3. The van der Waals surface area contributed by atoms with Crippen LogP contribution in [0.5, 0.6) is 0 Å². The van der Waals surface area contributed by atoms with Crippen molar-refractivity contribution < 1.29 is 9.50 Å². The molecule has 0 amide bonds. The zero-order chi connectivity index (χ0) is 10.8. The summed E-state index contributed by atoms with van der Waals surface area (Å²) in [7, 11) is 0. The Morgan fingerprint density at radius 3 is 2.80 bits per heavy atom. The molecule has 2 heterocycles. The van der Waals surface area contributed by atoms with Crippen molar-refractivity contribution in [3.05, 3.63) is 34.4 Å². The van der Waals surface area contributed by atoms with Crippen molar-refractivity contribution in [2.45, 2.75) is 6.61 Å². The number of aliphatic hydroxyl groups is 1. The van der Waals surface area contributed by atoms with Crippen LogP contribution in [0.2, 0.25) is 0 Å². The van der Waals surface area contributed by atoms with Gasteiger partial charge in [0.05, 0.1) is 18.5 Å². The molecule has 0 bridgehead atoms. The highest BCUT2D eigenvalue weighted by Crippen LogP contribution is 2.20. The predicted octanol–water partition coefficient (Wildman–Crippen LogP) is 1.87. The van der Waals surface area contributed by atoms with E-state index < -0.39 is 5.82 Å². The van der Waals surface area contributed by atoms with E-state index in [0.717, 1.165) is 0 Å². The highest BCUT2D eigenvalue weighted by atomic mass is 79.9. The standard InChI is InChI=1S/C9H7BrFN3O/c10-5-1-7(11)8(12-2-5)9-13-3-6(4-15)14-9/h1-3,15H,4H2,(H,13,14). The quantitative estimate of drug-likeness (QED) is 0.877. The molecule has 0 radical (unpaired) electrons. The first-order chi connectivity index (χ1) is 7.20. The molecule has 78 valence electrons. The van der Waals surface area contributed by atoms with E-state index in [1.165, 1.54) is 18.5 Å². The molecule has 2 rings (SSSR count). The van der Waals surface area contributed by atoms with Gasteiger partial charge in [-0.3, -0.25) is 0 Å². The molecular weight excluding hydrogens is 265 g/mol. The molecule has 4 nitrogen and oxygen atoms in total. The number of imidazole rings is 1. The fourth-order valence-corrected chi connectivity index (χ4v) is 1.45. The van der Waals surface area contributed by atoms with Gasteiger partial charge < -0.3 is 10.1 Å². The second-order valence-electron chi connectivity index (χ2n) is 2.90. The normalized spacial score (nSPS) is 10.6. The van der Waals surface area contributed by atoms with E-state index in [9.17, 15) is 4.39 Å². The monoisotopic (exact) mass is 271 g/mol. The Kier molecular flexibility index (Phi) is 2.79. The van der Waals surface area contributed by atoms with Gasteiger partial charge >= 0.3 is 0 Å². The molecule has 0 spiro atoms. The molecule has 0 aliphatic heterocycles. The van der Waals surface area contributed by atoms with Crippen molar-refractivity contribution in [1.29, 1.82) is 0 Å². The van der Waals surface area contributed by atoms with Crippen LogP contribution < -0.4 is 0 Å². The third-order valence-electron chi connectivity index (χ3n) is 1.83. The van der Waals surface area contributed by atoms with E-state index in [-0.39, 0.29) is 12.3 Å². The van der Waals surface area contributed by atoms with Gasteiger partial charge in [0.1, 0.15) is 5.69 Å². The third kappa shape index (κ3) is 2.05. The SMILES string of the molecule is OCc1cnc(-c2ncc(Br)cc2F)[nH]1. The molecule has 0 saturated heterocycles. The van der Waals surface area contributed by atoms with E-state index in [4.69, 9.17) is 5.11 Å². The Labute approximate surface area is 93.3 Å². The lowest BCUT2D eigenvalue weighted by atomic mass is 10.3. The van der Waals surface area contributed by atoms with Gasteiger partial charge in [-0.25, -0.2) is 14.4 Å². The smallest absolute Gasteiger partial charge is 0.159 e. The molecule has 6 heteroatoms. The van der Waals surface area contributed by atoms with Crippen molar-refractivity contribution in [1.82, 2.24) is 15.0 Å². The van der Waals surface area contributed by atoms with E-state index in [2.05, 4.69) is 30.9 Å². The van der Waals surface area contributed by atoms with Gasteiger partial charge in [-0.2, -0.15) is 0 Å². The van der Waals surface area contributed by atoms with Crippen LogP contribution in [0.1, 0.15) is 5.69 Å². The highest BCUT2D eigenvalue weighted by molar-refractivity contribution is 9.10. The summed E-state index contributed by atoms with van der Waals surface area (Å²) >= 11 is 3.11. The number of nitrogens with one attached hydrogen (secondary N) is 1. The minimum absolute atomic E-state index is 0.137. The number of hydrogen-bond donors (Lipinski definition) is 2. The first-order valence-corrected chi connectivity index (χ1v) is 4.96. The summed E-state index contributed by atoms with van der Waals surface area (Å²) in [4.78, 5) is 10.6. The van der Waals surface area contributed by atoms with E-state index in [1.807, 2.05) is 0 Å². The van der Waals surface area contributed by atoms with Crippen molar-refractivity contribution in [2.75, 3.05) is 0 Å². The summed E-state index contributed by atoms with van der Waals surface area (Å²) in [6.45, 7) is -0.162. The Bertz CT molecular complexity index is 486. The van der Waals surface area contributed by atoms with Crippen LogP contribution in [0.4, 0.5) is 4.39 Å². The Morgan fingerprint density at radius 2 is 2.20 bits per heavy atom. The molecule has 2 N–H and O–H groups in total. The maximum absolute atomic E-state index is 13.4. The number of aromatic amines is 1. The lowest BCUT2D eigenvalue weighted by Crippen LogP contribution is -1.91. The molecule has 15 heavy (non-hydrogen) atoms. The molecule has 0 atom stereocenters. The van der Waals surface area contributed by atoms with Crippen molar-refractivity contribution in [3.8, 4) is 11.5 Å². The molecule has 2 aromatic rings. The number of H-pyrrole nitrogens is 1. The zero-order valence-electron chi connectivity index (χ0n) is 7.54. The van der Waals surface area contributed by atoms with E-state index >= 15 is 0 Å². The molecule has 0 fully saturated rings. The molecule has 0 aliphatic rings. The number of pyridine rings is 1. The molecule has 0 aromatic carbocycles. The largest absolute Gasteiger partial charge is 0.390 e. The summed E-state index contributed by atoms with van der Waals surface area (Å²) in [6, 6.07) is 1.31. The first kappa shape index (κ1) is 10.3. The Morgan fingerprint density at radius 1 is 1.40 bits per heavy atom. The average Bonchev–Trinajstić information content (AvgIpc) is 2.66. The number of aliphatic hydroxyl groups excluding tert-OH is 1. The lowest BCUT2D eigenvalue weighted by molar-refractivity contribution is 0.277. The Hall–Kier alpha value is -1.27. The van der Waals surface area contributed by atoms with Crippen LogP contribution in [-0.4, -0.2) is 20.1 Å². The van der Waals surface area contributed by atoms with E-state index in [1.54, 1.807) is 0 Å². The maximum atomic E-state index is 13.4. The predicted molar refractivity (Wildman–Crippen MR) is 55.4 cm³/mol. The fraction of sp³-hybridized carbons (Fsp3) is 0.111. The third-order valence-corrected chi connectivity index (χ3v) is 2.26. The van der Waals surface area contributed by atoms with E-state index in [0.29, 0.717) is 16.0 Å². The van der Waals surface area contributed by atoms with Gasteiger partial charge in [0.2, 0.25) is 0 Å². The van der Waals surface area contributed by atoms with Crippen molar-refractivity contribution >= 4 is 15.9 Å². The van der Waals surface area contributed by atoms with Crippen LogP contribution in [0, 0.1) is 5.82 Å². The number of halogens is 2. The van der Waals surface area contributed by atoms with Crippen LogP contribution in [-0.2, 0) is 6.61 Å². The van der Waals surface area contributed by atoms with Crippen LogP contribution in [0.3, 0.4) is 0 Å². The van der Waals surface area contributed by atoms with Crippen molar-refractivity contribution in [2.24, 2.45) is 0 Å². The molecule has 0 unspecified atom stereocenters. The minimum atomic E-state index is -0.469.